The van der Waals surface area contributed by atoms with E-state index in [2.05, 4.69) is 16.8 Å². The first-order valence-corrected chi connectivity index (χ1v) is 10.8. The summed E-state index contributed by atoms with van der Waals surface area (Å²) in [7, 11) is 0. The molecule has 1 atom stereocenters. The monoisotopic (exact) mass is 467 g/mol. The van der Waals surface area contributed by atoms with E-state index >= 15 is 0 Å². The van der Waals surface area contributed by atoms with Crippen molar-refractivity contribution >= 4 is 45.5 Å². The van der Waals surface area contributed by atoms with Crippen LogP contribution in [0.4, 0.5) is 5.13 Å². The highest BCUT2D eigenvalue weighted by molar-refractivity contribution is 7.15. The van der Waals surface area contributed by atoms with Crippen LogP contribution in [0.1, 0.15) is 22.2 Å². The Morgan fingerprint density at radius 3 is 2.47 bits per heavy atom. The molecule has 1 N–H and O–H groups in total. The topological polar surface area (TPSA) is 92.6 Å². The molecule has 4 rings (SSSR count). The number of nitrogens with zero attached hydrogens (tertiary/aromatic N) is 3. The SMILES string of the molecule is C=CCOc1ccc([C@H]2C(=C(O)c3ccc(Cl)cc3)C(=O)C(=O)N2c2nnc(C)s2)cc1. The van der Waals surface area contributed by atoms with E-state index in [1.54, 1.807) is 61.5 Å². The number of benzene rings is 2. The third-order valence-electron chi connectivity index (χ3n) is 4.85. The second kappa shape index (κ2) is 8.94. The number of hydrogen-bond acceptors (Lipinski definition) is 7. The zero-order valence-corrected chi connectivity index (χ0v) is 18.6. The summed E-state index contributed by atoms with van der Waals surface area (Å²) in [6.45, 7) is 5.72. The average Bonchev–Trinajstić information content (AvgIpc) is 3.33. The molecule has 9 heteroatoms. The zero-order valence-electron chi connectivity index (χ0n) is 17.0. The van der Waals surface area contributed by atoms with Crippen LogP contribution in [0, 0.1) is 6.92 Å². The van der Waals surface area contributed by atoms with Gasteiger partial charge in [-0.15, -0.1) is 10.2 Å². The van der Waals surface area contributed by atoms with Crippen molar-refractivity contribution < 1.29 is 19.4 Å². The molecule has 32 heavy (non-hydrogen) atoms. The summed E-state index contributed by atoms with van der Waals surface area (Å²) in [5.74, 6) is -1.27. The summed E-state index contributed by atoms with van der Waals surface area (Å²) < 4.78 is 5.52. The molecule has 0 unspecified atom stereocenters. The predicted octanol–water partition coefficient (Wildman–Crippen LogP) is 4.69. The largest absolute Gasteiger partial charge is 0.507 e. The molecular formula is C23H18ClN3O4S. The number of aliphatic hydroxyl groups excluding tert-OH is 1. The molecule has 0 aliphatic carbocycles. The number of Topliss-reactive ketones (excluding diaryl/α,β-unsaturated/α-hetero) is 1. The van der Waals surface area contributed by atoms with Crippen LogP contribution in [0.5, 0.6) is 5.75 Å². The van der Waals surface area contributed by atoms with Crippen molar-refractivity contribution in [1.82, 2.24) is 10.2 Å². The Balaban J connectivity index is 1.86. The molecule has 1 fully saturated rings. The molecular weight excluding hydrogens is 450 g/mol. The van der Waals surface area contributed by atoms with Gasteiger partial charge in [-0.3, -0.25) is 14.5 Å². The number of rotatable bonds is 6. The maximum atomic E-state index is 13.1. The fraction of sp³-hybridized carbons (Fsp3) is 0.130. The summed E-state index contributed by atoms with van der Waals surface area (Å²) in [5.41, 5.74) is 0.945. The first-order chi connectivity index (χ1) is 15.4. The van der Waals surface area contributed by atoms with E-state index in [4.69, 9.17) is 16.3 Å². The Morgan fingerprint density at radius 1 is 1.19 bits per heavy atom. The molecule has 0 spiro atoms. The number of ketones is 1. The second-order valence-corrected chi connectivity index (χ2v) is 8.54. The van der Waals surface area contributed by atoms with Crippen LogP contribution in [-0.4, -0.2) is 33.6 Å². The number of halogens is 1. The zero-order chi connectivity index (χ0) is 22.8. The number of aromatic nitrogens is 2. The average molecular weight is 468 g/mol. The van der Waals surface area contributed by atoms with E-state index in [1.165, 1.54) is 16.2 Å². The Morgan fingerprint density at radius 2 is 1.88 bits per heavy atom. The molecule has 1 aliphatic heterocycles. The van der Waals surface area contributed by atoms with E-state index in [0.29, 0.717) is 33.5 Å². The van der Waals surface area contributed by atoms with E-state index in [9.17, 15) is 14.7 Å². The minimum absolute atomic E-state index is 0.0371. The van der Waals surface area contributed by atoms with E-state index in [-0.39, 0.29) is 16.5 Å². The molecule has 1 aromatic heterocycles. The standard InChI is InChI=1S/C23H18ClN3O4S/c1-3-12-31-17-10-6-14(7-11-17)19-18(20(28)15-4-8-16(24)9-5-15)21(29)22(30)27(19)23-26-25-13(2)32-23/h3-11,19,28H,1,12H2,2H3/t19-/m0/s1. The molecule has 2 heterocycles. The second-order valence-electron chi connectivity index (χ2n) is 6.95. The molecule has 1 saturated heterocycles. The van der Waals surface area contributed by atoms with E-state index < -0.39 is 17.7 Å². The van der Waals surface area contributed by atoms with Crippen LogP contribution < -0.4 is 9.64 Å². The smallest absolute Gasteiger partial charge is 0.301 e. The van der Waals surface area contributed by atoms with Gasteiger partial charge in [0.05, 0.1) is 11.6 Å². The van der Waals surface area contributed by atoms with Crippen molar-refractivity contribution in [2.75, 3.05) is 11.5 Å². The Kier molecular flexibility index (Phi) is 6.07. The van der Waals surface area contributed by atoms with Crippen LogP contribution in [0.15, 0.2) is 66.8 Å². The van der Waals surface area contributed by atoms with Crippen molar-refractivity contribution in [1.29, 1.82) is 0 Å². The summed E-state index contributed by atoms with van der Waals surface area (Å²) in [6.07, 6.45) is 1.63. The van der Waals surface area contributed by atoms with Gasteiger partial charge < -0.3 is 9.84 Å². The van der Waals surface area contributed by atoms with Crippen molar-refractivity contribution in [3.63, 3.8) is 0 Å². The number of hydrogen-bond donors (Lipinski definition) is 1. The lowest BCUT2D eigenvalue weighted by Gasteiger charge is -2.22. The normalized spacial score (nSPS) is 17.6. The highest BCUT2D eigenvalue weighted by Crippen LogP contribution is 2.43. The van der Waals surface area contributed by atoms with Crippen molar-refractivity contribution in [2.24, 2.45) is 0 Å². The van der Waals surface area contributed by atoms with Crippen LogP contribution in [0.3, 0.4) is 0 Å². The van der Waals surface area contributed by atoms with Gasteiger partial charge in [0.2, 0.25) is 5.13 Å². The van der Waals surface area contributed by atoms with Crippen molar-refractivity contribution in [2.45, 2.75) is 13.0 Å². The Bertz CT molecular complexity index is 1220. The molecule has 2 aromatic carbocycles. The van der Waals surface area contributed by atoms with Crippen molar-refractivity contribution in [3.8, 4) is 5.75 Å². The lowest BCUT2D eigenvalue weighted by atomic mass is 9.95. The fourth-order valence-corrected chi connectivity index (χ4v) is 4.23. The van der Waals surface area contributed by atoms with Crippen LogP contribution in [0.25, 0.3) is 5.76 Å². The summed E-state index contributed by atoms with van der Waals surface area (Å²) in [6, 6.07) is 12.4. The van der Waals surface area contributed by atoms with Gasteiger partial charge in [-0.2, -0.15) is 0 Å². The number of aryl methyl sites for hydroxylation is 1. The number of amides is 1. The highest BCUT2D eigenvalue weighted by Gasteiger charge is 2.48. The number of anilines is 1. The van der Waals surface area contributed by atoms with Crippen LogP contribution in [0.2, 0.25) is 5.02 Å². The molecule has 1 amide bonds. The van der Waals surface area contributed by atoms with Crippen molar-refractivity contribution in [3.05, 3.63) is 87.9 Å². The quantitative estimate of drug-likeness (QED) is 0.244. The maximum Gasteiger partial charge on any atom is 0.301 e. The molecule has 162 valence electrons. The minimum atomic E-state index is -0.883. The van der Waals surface area contributed by atoms with Gasteiger partial charge >= 0.3 is 5.91 Å². The molecule has 0 saturated carbocycles. The molecule has 0 radical (unpaired) electrons. The maximum absolute atomic E-state index is 13.1. The van der Waals surface area contributed by atoms with Crippen LogP contribution >= 0.6 is 22.9 Å². The lowest BCUT2D eigenvalue weighted by Crippen LogP contribution is -2.29. The molecule has 1 aliphatic rings. The van der Waals surface area contributed by atoms with Gasteiger partial charge in [0, 0.05) is 10.6 Å². The summed E-state index contributed by atoms with van der Waals surface area (Å²) in [5, 5.41) is 20.5. The van der Waals surface area contributed by atoms with Gasteiger partial charge in [0.1, 0.15) is 23.1 Å². The minimum Gasteiger partial charge on any atom is -0.507 e. The molecule has 7 nitrogen and oxygen atoms in total. The predicted molar refractivity (Wildman–Crippen MR) is 123 cm³/mol. The first-order valence-electron chi connectivity index (χ1n) is 9.61. The third-order valence-corrected chi connectivity index (χ3v) is 5.94. The third kappa shape index (κ3) is 4.02. The van der Waals surface area contributed by atoms with Gasteiger partial charge in [0.25, 0.3) is 5.78 Å². The van der Waals surface area contributed by atoms with Crippen LogP contribution in [-0.2, 0) is 9.59 Å². The number of aliphatic hydroxyl groups is 1. The number of ether oxygens (including phenoxy) is 1. The molecule has 0 bridgehead atoms. The summed E-state index contributed by atoms with van der Waals surface area (Å²) in [4.78, 5) is 27.3. The van der Waals surface area contributed by atoms with Gasteiger partial charge in [-0.05, 0) is 48.9 Å². The highest BCUT2D eigenvalue weighted by atomic mass is 35.5. The van der Waals surface area contributed by atoms with E-state index in [0.717, 1.165) is 0 Å². The van der Waals surface area contributed by atoms with Gasteiger partial charge in [-0.25, -0.2) is 0 Å². The number of carbonyl (C=O) groups excluding carboxylic acids is 2. The lowest BCUT2D eigenvalue weighted by molar-refractivity contribution is -0.132. The van der Waals surface area contributed by atoms with E-state index in [1.807, 2.05) is 0 Å². The van der Waals surface area contributed by atoms with Gasteiger partial charge in [-0.1, -0.05) is 47.7 Å². The number of carbonyl (C=O) groups is 2. The molecule has 3 aromatic rings. The Labute approximate surface area is 193 Å². The Hall–Kier alpha value is -3.49. The fourth-order valence-electron chi connectivity index (χ4n) is 3.39. The first kappa shape index (κ1) is 21.7. The van der Waals surface area contributed by atoms with Gasteiger partial charge in [0.15, 0.2) is 0 Å². The summed E-state index contributed by atoms with van der Waals surface area (Å²) >= 11 is 7.14.